The SMILES string of the molecule is CC(C)(C)OC(=O)N1CCC[C@@H](n2nc(-c3ccc(Oc4ccccc4)nc3)c3c(N)ncnc32)C1. The summed E-state index contributed by atoms with van der Waals surface area (Å²) in [4.78, 5) is 27.6. The van der Waals surface area contributed by atoms with Crippen LogP contribution in [-0.4, -0.2) is 54.4 Å². The van der Waals surface area contributed by atoms with Crippen LogP contribution >= 0.6 is 0 Å². The van der Waals surface area contributed by atoms with Crippen LogP contribution in [-0.2, 0) is 4.74 Å². The van der Waals surface area contributed by atoms with Crippen molar-refractivity contribution in [2.45, 2.75) is 45.3 Å². The van der Waals surface area contributed by atoms with Crippen LogP contribution in [0, 0.1) is 0 Å². The number of anilines is 1. The first-order valence-corrected chi connectivity index (χ1v) is 11.9. The van der Waals surface area contributed by atoms with Gasteiger partial charge in [-0.05, 0) is 51.8 Å². The lowest BCUT2D eigenvalue weighted by Gasteiger charge is -2.34. The van der Waals surface area contributed by atoms with Crippen molar-refractivity contribution >= 4 is 22.9 Å². The molecule has 1 aromatic carbocycles. The summed E-state index contributed by atoms with van der Waals surface area (Å²) in [7, 11) is 0. The van der Waals surface area contributed by atoms with Crippen molar-refractivity contribution in [3.8, 4) is 22.9 Å². The van der Waals surface area contributed by atoms with Crippen LogP contribution in [0.4, 0.5) is 10.6 Å². The van der Waals surface area contributed by atoms with E-state index in [-0.39, 0.29) is 12.1 Å². The quantitative estimate of drug-likeness (QED) is 0.434. The molecule has 36 heavy (non-hydrogen) atoms. The third-order valence-electron chi connectivity index (χ3n) is 5.89. The maximum Gasteiger partial charge on any atom is 0.410 e. The van der Waals surface area contributed by atoms with Crippen molar-refractivity contribution in [2.24, 2.45) is 0 Å². The number of nitrogens with two attached hydrogens (primary N) is 1. The number of benzene rings is 1. The van der Waals surface area contributed by atoms with Gasteiger partial charge in [-0.2, -0.15) is 5.10 Å². The van der Waals surface area contributed by atoms with E-state index in [1.54, 1.807) is 17.2 Å². The van der Waals surface area contributed by atoms with Crippen molar-refractivity contribution in [1.29, 1.82) is 0 Å². The van der Waals surface area contributed by atoms with Crippen molar-refractivity contribution in [3.05, 3.63) is 55.0 Å². The maximum atomic E-state index is 12.7. The van der Waals surface area contributed by atoms with Crippen molar-refractivity contribution in [2.75, 3.05) is 18.8 Å². The number of pyridine rings is 1. The Balaban J connectivity index is 1.45. The molecule has 5 rings (SSSR count). The Kier molecular flexibility index (Phi) is 6.17. The van der Waals surface area contributed by atoms with Gasteiger partial charge in [0.25, 0.3) is 0 Å². The van der Waals surface area contributed by atoms with E-state index in [4.69, 9.17) is 20.3 Å². The molecule has 1 fully saturated rings. The van der Waals surface area contributed by atoms with Gasteiger partial charge in [0.2, 0.25) is 5.88 Å². The second-order valence-electron chi connectivity index (χ2n) is 9.77. The number of carbonyl (C=O) groups excluding carboxylic acids is 1. The highest BCUT2D eigenvalue weighted by atomic mass is 16.6. The van der Waals surface area contributed by atoms with Gasteiger partial charge in [0.15, 0.2) is 5.65 Å². The maximum absolute atomic E-state index is 12.7. The summed E-state index contributed by atoms with van der Waals surface area (Å²) in [6.45, 7) is 6.70. The summed E-state index contributed by atoms with van der Waals surface area (Å²) in [5, 5.41) is 5.56. The van der Waals surface area contributed by atoms with Gasteiger partial charge in [0, 0.05) is 30.9 Å². The van der Waals surface area contributed by atoms with Crippen LogP contribution < -0.4 is 10.5 Å². The van der Waals surface area contributed by atoms with Gasteiger partial charge >= 0.3 is 6.09 Å². The van der Waals surface area contributed by atoms with Gasteiger partial charge < -0.3 is 20.1 Å². The minimum atomic E-state index is -0.555. The van der Waals surface area contributed by atoms with E-state index in [1.165, 1.54) is 6.33 Å². The molecule has 0 bridgehead atoms. The molecule has 3 aromatic heterocycles. The molecule has 10 heteroatoms. The van der Waals surface area contributed by atoms with E-state index < -0.39 is 5.60 Å². The lowest BCUT2D eigenvalue weighted by atomic mass is 10.1. The summed E-state index contributed by atoms with van der Waals surface area (Å²) in [5.74, 6) is 1.51. The fraction of sp³-hybridized carbons (Fsp3) is 0.346. The zero-order chi connectivity index (χ0) is 25.3. The standard InChI is InChI=1S/C26H29N7O3/c1-26(2,3)36-25(34)32-13-7-8-18(15-32)33-24-21(23(27)29-16-30-24)22(31-33)17-11-12-20(28-14-17)35-19-9-5-4-6-10-19/h4-6,9-12,14,16,18H,7-8,13,15H2,1-3H3,(H2,27,29,30)/t18-/m1/s1. The molecular weight excluding hydrogens is 458 g/mol. The highest BCUT2D eigenvalue weighted by Gasteiger charge is 2.31. The minimum absolute atomic E-state index is 0.0783. The first-order chi connectivity index (χ1) is 17.3. The first-order valence-electron chi connectivity index (χ1n) is 11.9. The lowest BCUT2D eigenvalue weighted by molar-refractivity contribution is 0.0169. The van der Waals surface area contributed by atoms with Gasteiger partial charge in [0.1, 0.15) is 29.2 Å². The number of rotatable bonds is 4. The summed E-state index contributed by atoms with van der Waals surface area (Å²) >= 11 is 0. The normalized spacial score (nSPS) is 16.2. The van der Waals surface area contributed by atoms with Gasteiger partial charge in [-0.1, -0.05) is 18.2 Å². The van der Waals surface area contributed by atoms with E-state index in [1.807, 2.05) is 61.9 Å². The Labute approximate surface area is 209 Å². The molecule has 2 N–H and O–H groups in total. The molecule has 10 nitrogen and oxygen atoms in total. The summed E-state index contributed by atoms with van der Waals surface area (Å²) in [6.07, 6.45) is 4.49. The molecule has 1 saturated heterocycles. The highest BCUT2D eigenvalue weighted by molar-refractivity contribution is 5.98. The Morgan fingerprint density at radius 3 is 2.61 bits per heavy atom. The van der Waals surface area contributed by atoms with Gasteiger partial charge in [-0.3, -0.25) is 0 Å². The molecular formula is C26H29N7O3. The molecule has 1 aliphatic rings. The number of nitrogen functional groups attached to an aromatic ring is 1. The molecule has 0 saturated carbocycles. The van der Waals surface area contributed by atoms with Gasteiger partial charge in [-0.15, -0.1) is 0 Å². The van der Waals surface area contributed by atoms with E-state index in [0.29, 0.717) is 47.3 Å². The number of piperidine rings is 1. The average molecular weight is 488 g/mol. The summed E-state index contributed by atoms with van der Waals surface area (Å²) in [5.41, 5.74) is 7.75. The van der Waals surface area contributed by atoms with E-state index in [0.717, 1.165) is 18.4 Å². The van der Waals surface area contributed by atoms with Gasteiger partial charge in [-0.25, -0.2) is 24.4 Å². The fourth-order valence-electron chi connectivity index (χ4n) is 4.29. The fourth-order valence-corrected chi connectivity index (χ4v) is 4.29. The van der Waals surface area contributed by atoms with Crippen molar-refractivity contribution in [3.63, 3.8) is 0 Å². The van der Waals surface area contributed by atoms with Crippen LogP contribution in [0.15, 0.2) is 55.0 Å². The highest BCUT2D eigenvalue weighted by Crippen LogP contribution is 2.34. The van der Waals surface area contributed by atoms with E-state index >= 15 is 0 Å². The van der Waals surface area contributed by atoms with Crippen LogP contribution in [0.3, 0.4) is 0 Å². The van der Waals surface area contributed by atoms with Gasteiger partial charge in [0.05, 0.1) is 11.4 Å². The van der Waals surface area contributed by atoms with Crippen molar-refractivity contribution in [1.82, 2.24) is 29.6 Å². The lowest BCUT2D eigenvalue weighted by Crippen LogP contribution is -2.43. The number of fused-ring (bicyclic) bond motifs is 1. The third-order valence-corrected chi connectivity index (χ3v) is 5.89. The first kappa shape index (κ1) is 23.5. The molecule has 1 amide bonds. The number of hydrogen-bond donors (Lipinski definition) is 1. The number of carbonyl (C=O) groups is 1. The molecule has 0 unspecified atom stereocenters. The summed E-state index contributed by atoms with van der Waals surface area (Å²) in [6, 6.07) is 13.1. The smallest absolute Gasteiger partial charge is 0.410 e. The zero-order valence-corrected chi connectivity index (χ0v) is 20.6. The Hall–Kier alpha value is -4.21. The molecule has 1 aliphatic heterocycles. The molecule has 1 atom stereocenters. The number of amides is 1. The van der Waals surface area contributed by atoms with Crippen LogP contribution in [0.1, 0.15) is 39.7 Å². The van der Waals surface area contributed by atoms with Crippen LogP contribution in [0.2, 0.25) is 0 Å². The average Bonchev–Trinajstić information content (AvgIpc) is 3.25. The number of ether oxygens (including phenoxy) is 2. The second kappa shape index (κ2) is 9.44. The van der Waals surface area contributed by atoms with E-state index in [9.17, 15) is 4.79 Å². The molecule has 0 aliphatic carbocycles. The number of para-hydroxylation sites is 1. The number of aromatic nitrogens is 5. The number of likely N-dealkylation sites (tertiary alicyclic amines) is 1. The molecule has 186 valence electrons. The topological polar surface area (TPSA) is 121 Å². The molecule has 0 radical (unpaired) electrons. The predicted octanol–water partition coefficient (Wildman–Crippen LogP) is 4.83. The van der Waals surface area contributed by atoms with Crippen molar-refractivity contribution < 1.29 is 14.3 Å². The Morgan fingerprint density at radius 1 is 1.08 bits per heavy atom. The largest absolute Gasteiger partial charge is 0.444 e. The minimum Gasteiger partial charge on any atom is -0.444 e. The third kappa shape index (κ3) is 4.93. The van der Waals surface area contributed by atoms with Crippen LogP contribution in [0.5, 0.6) is 11.6 Å². The summed E-state index contributed by atoms with van der Waals surface area (Å²) < 4.78 is 13.3. The second-order valence-corrected chi connectivity index (χ2v) is 9.77. The molecule has 4 heterocycles. The Morgan fingerprint density at radius 2 is 1.89 bits per heavy atom. The molecule has 4 aromatic rings. The predicted molar refractivity (Wildman–Crippen MR) is 136 cm³/mol. The Bertz CT molecular complexity index is 1360. The monoisotopic (exact) mass is 487 g/mol. The van der Waals surface area contributed by atoms with Crippen LogP contribution in [0.25, 0.3) is 22.3 Å². The zero-order valence-electron chi connectivity index (χ0n) is 20.6. The number of hydrogen-bond acceptors (Lipinski definition) is 8. The van der Waals surface area contributed by atoms with E-state index in [2.05, 4.69) is 15.0 Å². The number of nitrogens with zero attached hydrogens (tertiary/aromatic N) is 6. The molecule has 0 spiro atoms.